The minimum atomic E-state index is 0.204. The summed E-state index contributed by atoms with van der Waals surface area (Å²) in [5.74, 6) is 1.41. The van der Waals surface area contributed by atoms with Crippen LogP contribution in [0.2, 0.25) is 0 Å². The monoisotopic (exact) mass is 249 g/mol. The predicted molar refractivity (Wildman–Crippen MR) is 74.6 cm³/mol. The van der Waals surface area contributed by atoms with E-state index in [1.54, 1.807) is 7.11 Å². The van der Waals surface area contributed by atoms with Crippen molar-refractivity contribution in [2.45, 2.75) is 32.6 Å². The number of carbonyl (C=O) groups excluding carboxylic acids is 1. The Morgan fingerprint density at radius 2 is 2.11 bits per heavy atom. The Kier molecular flexibility index (Phi) is 5.86. The van der Waals surface area contributed by atoms with Crippen molar-refractivity contribution in [1.29, 1.82) is 0 Å². The minimum absolute atomic E-state index is 0.204. The van der Waals surface area contributed by atoms with Crippen molar-refractivity contribution in [1.82, 2.24) is 5.32 Å². The molecular formula is C15H23NO2. The molecule has 18 heavy (non-hydrogen) atoms. The molecule has 0 saturated carbocycles. The van der Waals surface area contributed by atoms with Crippen molar-refractivity contribution in [2.75, 3.05) is 20.7 Å². The zero-order chi connectivity index (χ0) is 13.5. The van der Waals surface area contributed by atoms with Crippen LogP contribution in [0.1, 0.15) is 48.5 Å². The van der Waals surface area contributed by atoms with Gasteiger partial charge in [-0.2, -0.15) is 0 Å². The summed E-state index contributed by atoms with van der Waals surface area (Å²) in [6.45, 7) is 5.08. The second kappa shape index (κ2) is 7.17. The van der Waals surface area contributed by atoms with Crippen LogP contribution in [0.3, 0.4) is 0 Å². The third-order valence-corrected chi connectivity index (χ3v) is 3.00. The second-order valence-electron chi connectivity index (χ2n) is 4.74. The van der Waals surface area contributed by atoms with Crippen molar-refractivity contribution in [2.24, 2.45) is 0 Å². The molecule has 3 heteroatoms. The first kappa shape index (κ1) is 14.7. The number of carbonyl (C=O) groups is 1. The average molecular weight is 249 g/mol. The van der Waals surface area contributed by atoms with Gasteiger partial charge in [0, 0.05) is 12.0 Å². The smallest absolute Gasteiger partial charge is 0.162 e. The Morgan fingerprint density at radius 3 is 2.67 bits per heavy atom. The van der Waals surface area contributed by atoms with E-state index in [0.717, 1.165) is 29.8 Å². The number of nitrogens with one attached hydrogen (secondary N) is 1. The first-order valence-electron chi connectivity index (χ1n) is 6.46. The van der Waals surface area contributed by atoms with Crippen LogP contribution < -0.4 is 10.1 Å². The largest absolute Gasteiger partial charge is 0.496 e. The number of rotatable bonds is 7. The van der Waals surface area contributed by atoms with Crippen LogP contribution in [0.5, 0.6) is 5.75 Å². The molecule has 0 aliphatic rings. The molecule has 1 aromatic rings. The fourth-order valence-electron chi connectivity index (χ4n) is 1.93. The predicted octanol–water partition coefficient (Wildman–Crippen LogP) is 3.00. The van der Waals surface area contributed by atoms with Crippen LogP contribution in [0, 0.1) is 0 Å². The van der Waals surface area contributed by atoms with E-state index in [1.165, 1.54) is 0 Å². The lowest BCUT2D eigenvalue weighted by molar-refractivity contribution is 0.0980. The van der Waals surface area contributed by atoms with E-state index >= 15 is 0 Å². The molecule has 0 bridgehead atoms. The lowest BCUT2D eigenvalue weighted by Gasteiger charge is -2.13. The maximum atomic E-state index is 12.0. The van der Waals surface area contributed by atoms with Crippen LogP contribution in [0.25, 0.3) is 0 Å². The highest BCUT2D eigenvalue weighted by atomic mass is 16.5. The quantitative estimate of drug-likeness (QED) is 0.596. The molecule has 0 unspecified atom stereocenters. The number of hydrogen-bond donors (Lipinski definition) is 1. The van der Waals surface area contributed by atoms with E-state index in [4.69, 9.17) is 4.74 Å². The van der Waals surface area contributed by atoms with Crippen molar-refractivity contribution < 1.29 is 9.53 Å². The van der Waals surface area contributed by atoms with E-state index in [1.807, 2.05) is 25.2 Å². The number of methoxy groups -OCH3 is 1. The Morgan fingerprint density at radius 1 is 1.39 bits per heavy atom. The summed E-state index contributed by atoms with van der Waals surface area (Å²) in [6, 6.07) is 5.71. The van der Waals surface area contributed by atoms with Crippen LogP contribution in [-0.2, 0) is 0 Å². The van der Waals surface area contributed by atoms with Crippen molar-refractivity contribution in [3.63, 3.8) is 0 Å². The zero-order valence-electron chi connectivity index (χ0n) is 11.7. The van der Waals surface area contributed by atoms with Crippen LogP contribution in [0.4, 0.5) is 0 Å². The molecule has 1 aromatic carbocycles. The van der Waals surface area contributed by atoms with Crippen LogP contribution in [-0.4, -0.2) is 26.5 Å². The highest BCUT2D eigenvalue weighted by Crippen LogP contribution is 2.27. The highest BCUT2D eigenvalue weighted by molar-refractivity contribution is 5.96. The van der Waals surface area contributed by atoms with E-state index in [9.17, 15) is 4.79 Å². The number of benzene rings is 1. The lowest BCUT2D eigenvalue weighted by atomic mass is 9.97. The summed E-state index contributed by atoms with van der Waals surface area (Å²) in [6.07, 6.45) is 1.46. The topological polar surface area (TPSA) is 38.3 Å². The highest BCUT2D eigenvalue weighted by Gasteiger charge is 2.12. The molecule has 0 aliphatic carbocycles. The van der Waals surface area contributed by atoms with Crippen molar-refractivity contribution in [3.05, 3.63) is 29.3 Å². The van der Waals surface area contributed by atoms with Gasteiger partial charge in [0.2, 0.25) is 0 Å². The van der Waals surface area contributed by atoms with Gasteiger partial charge in [0.05, 0.1) is 7.11 Å². The lowest BCUT2D eigenvalue weighted by Crippen LogP contribution is -2.10. The molecule has 0 aromatic heterocycles. The Bertz CT molecular complexity index is 399. The number of hydrogen-bond acceptors (Lipinski definition) is 3. The molecule has 0 radical (unpaired) electrons. The van der Waals surface area contributed by atoms with Gasteiger partial charge in [-0.05, 0) is 49.7 Å². The number of ketones is 1. The van der Waals surface area contributed by atoms with Gasteiger partial charge in [-0.15, -0.1) is 0 Å². The molecule has 1 N–H and O–H groups in total. The summed E-state index contributed by atoms with van der Waals surface area (Å²) >= 11 is 0. The molecule has 0 aliphatic heterocycles. The van der Waals surface area contributed by atoms with E-state index in [-0.39, 0.29) is 5.78 Å². The third kappa shape index (κ3) is 3.84. The fourth-order valence-corrected chi connectivity index (χ4v) is 1.93. The molecule has 0 spiro atoms. The molecule has 0 atom stereocenters. The number of ether oxygens (including phenoxy) is 1. The maximum Gasteiger partial charge on any atom is 0.162 e. The molecule has 0 saturated heterocycles. The van der Waals surface area contributed by atoms with E-state index in [0.29, 0.717) is 12.3 Å². The fraction of sp³-hybridized carbons (Fsp3) is 0.533. The van der Waals surface area contributed by atoms with Gasteiger partial charge < -0.3 is 10.1 Å². The summed E-state index contributed by atoms with van der Waals surface area (Å²) in [5.41, 5.74) is 1.88. The molecule has 1 rings (SSSR count). The molecule has 0 heterocycles. The van der Waals surface area contributed by atoms with Gasteiger partial charge in [0.1, 0.15) is 5.75 Å². The molecule has 0 amide bonds. The van der Waals surface area contributed by atoms with Crippen LogP contribution >= 0.6 is 0 Å². The molecule has 0 fully saturated rings. The van der Waals surface area contributed by atoms with Gasteiger partial charge >= 0.3 is 0 Å². The van der Waals surface area contributed by atoms with Gasteiger partial charge in [0.25, 0.3) is 0 Å². The Labute approximate surface area is 110 Å². The molecule has 3 nitrogen and oxygen atoms in total. The Hall–Kier alpha value is -1.35. The minimum Gasteiger partial charge on any atom is -0.496 e. The normalized spacial score (nSPS) is 10.7. The average Bonchev–Trinajstić information content (AvgIpc) is 2.38. The van der Waals surface area contributed by atoms with Crippen molar-refractivity contribution >= 4 is 5.78 Å². The van der Waals surface area contributed by atoms with E-state index in [2.05, 4.69) is 19.2 Å². The Balaban J connectivity index is 2.84. The zero-order valence-corrected chi connectivity index (χ0v) is 11.7. The SMILES string of the molecule is CNCCCC(=O)c1ccc(OC)c(C(C)C)c1. The first-order valence-corrected chi connectivity index (χ1v) is 6.46. The molecular weight excluding hydrogens is 226 g/mol. The van der Waals surface area contributed by atoms with Crippen LogP contribution in [0.15, 0.2) is 18.2 Å². The van der Waals surface area contributed by atoms with Crippen molar-refractivity contribution in [3.8, 4) is 5.75 Å². The summed E-state index contributed by atoms with van der Waals surface area (Å²) < 4.78 is 5.32. The van der Waals surface area contributed by atoms with Gasteiger partial charge in [-0.1, -0.05) is 13.8 Å². The summed E-state index contributed by atoms with van der Waals surface area (Å²) in [4.78, 5) is 12.0. The first-order chi connectivity index (χ1) is 8.60. The summed E-state index contributed by atoms with van der Waals surface area (Å²) in [7, 11) is 3.56. The van der Waals surface area contributed by atoms with E-state index < -0.39 is 0 Å². The molecule has 100 valence electrons. The summed E-state index contributed by atoms with van der Waals surface area (Å²) in [5, 5.41) is 3.05. The third-order valence-electron chi connectivity index (χ3n) is 3.00. The van der Waals surface area contributed by atoms with Gasteiger partial charge in [-0.25, -0.2) is 0 Å². The standard InChI is InChI=1S/C15H23NO2/c1-11(2)13-10-12(7-8-15(13)18-4)14(17)6-5-9-16-3/h7-8,10-11,16H,5-6,9H2,1-4H3. The number of Topliss-reactive ketones (excluding diaryl/α,β-unsaturated/α-hetero) is 1. The maximum absolute atomic E-state index is 12.0. The van der Waals surface area contributed by atoms with Gasteiger partial charge in [-0.3, -0.25) is 4.79 Å². The van der Waals surface area contributed by atoms with Gasteiger partial charge in [0.15, 0.2) is 5.78 Å². The second-order valence-corrected chi connectivity index (χ2v) is 4.74.